The molecular weight excluding hydrogens is 1460 g/mol. The summed E-state index contributed by atoms with van der Waals surface area (Å²) in [7, 11) is 0. The van der Waals surface area contributed by atoms with Crippen LogP contribution in [-0.4, -0.2) is 34.1 Å². The highest BCUT2D eigenvalue weighted by molar-refractivity contribution is 7.28. The van der Waals surface area contributed by atoms with Crippen LogP contribution in [0, 0.1) is 0 Å². The lowest BCUT2D eigenvalue weighted by molar-refractivity contribution is 1.07. The standard InChI is InChI=1S/C52H31N3S2.C51H30N4S2/c1-3-14-32(15-4-1)43-31-44(33-16-5-2-6-17-33)54-52(53-43)35-19-13-18-34(28-35)41-29-36(30-42-38-21-9-12-25-48(38)56-50(41)42)55-45-23-10-7-22-40(45)49-46(55)27-26-39-37-20-8-11-24-47(37)57-51(39)49;1-3-14-31(15-4-1)49-52-50(32-16-5-2-6-17-32)54-51(53-49)34-19-13-18-33(28-34)40-29-35(30-41-37-21-9-12-25-45(37)56-47(40)41)55-42-23-10-7-22-39(42)46-43(55)27-26-38-36-20-8-11-24-44(36)57-48(38)46/h1-31H;1-30H. The normalized spacial score (nSPS) is 11.9. The predicted octanol–water partition coefficient (Wildman–Crippen LogP) is 29.4. The van der Waals surface area contributed by atoms with E-state index in [4.69, 9.17) is 24.9 Å². The van der Waals surface area contributed by atoms with E-state index in [0.29, 0.717) is 23.3 Å². The number of fused-ring (bicyclic) bond motifs is 20. The van der Waals surface area contributed by atoms with Crippen LogP contribution < -0.4 is 0 Å². The Hall–Kier alpha value is -13.9. The van der Waals surface area contributed by atoms with Gasteiger partial charge >= 0.3 is 0 Å². The maximum absolute atomic E-state index is 5.19. The summed E-state index contributed by atoms with van der Waals surface area (Å²) in [5.41, 5.74) is 19.5. The first-order valence-electron chi connectivity index (χ1n) is 38.2. The van der Waals surface area contributed by atoms with Gasteiger partial charge in [-0.2, -0.15) is 0 Å². The number of rotatable bonds is 10. The molecule has 0 aliphatic carbocycles. The molecule has 24 aromatic rings. The molecule has 16 aromatic carbocycles. The Morgan fingerprint density at radius 3 is 0.895 bits per heavy atom. The van der Waals surface area contributed by atoms with Gasteiger partial charge in [0.2, 0.25) is 0 Å². The van der Waals surface area contributed by atoms with Crippen molar-refractivity contribution in [2.24, 2.45) is 0 Å². The van der Waals surface area contributed by atoms with Gasteiger partial charge in [0.25, 0.3) is 0 Å². The number of hydrogen-bond donors (Lipinski definition) is 0. The molecule has 0 saturated carbocycles. The highest BCUT2D eigenvalue weighted by Gasteiger charge is 2.25. The van der Waals surface area contributed by atoms with Crippen molar-refractivity contribution in [3.05, 3.63) is 370 Å². The van der Waals surface area contributed by atoms with Gasteiger partial charge in [-0.25, -0.2) is 24.9 Å². The lowest BCUT2D eigenvalue weighted by atomic mass is 9.99. The van der Waals surface area contributed by atoms with E-state index in [1.807, 2.05) is 93.9 Å². The number of nitrogens with zero attached hydrogens (tertiary/aromatic N) is 7. The molecule has 0 saturated heterocycles. The molecule has 0 fully saturated rings. The van der Waals surface area contributed by atoms with Crippen molar-refractivity contribution in [3.8, 4) is 102 Å². The van der Waals surface area contributed by atoms with E-state index in [-0.39, 0.29) is 0 Å². The van der Waals surface area contributed by atoms with Crippen LogP contribution in [0.15, 0.2) is 370 Å². The summed E-state index contributed by atoms with van der Waals surface area (Å²) in [6.45, 7) is 0. The first-order chi connectivity index (χ1) is 56.5. The molecule has 0 bridgehead atoms. The van der Waals surface area contributed by atoms with Crippen LogP contribution >= 0.6 is 45.3 Å². The van der Waals surface area contributed by atoms with Gasteiger partial charge < -0.3 is 9.13 Å². The Morgan fingerprint density at radius 1 is 0.184 bits per heavy atom. The van der Waals surface area contributed by atoms with Gasteiger partial charge in [-0.15, -0.1) is 45.3 Å². The van der Waals surface area contributed by atoms with Crippen molar-refractivity contribution in [2.45, 2.75) is 0 Å². The van der Waals surface area contributed by atoms with Crippen LogP contribution in [0.25, 0.3) is 226 Å². The Bertz CT molecular complexity index is 7400. The van der Waals surface area contributed by atoms with Crippen LogP contribution in [0.1, 0.15) is 0 Å². The second-order valence-corrected chi connectivity index (χ2v) is 33.1. The summed E-state index contributed by atoms with van der Waals surface area (Å²) < 4.78 is 15.3. The number of hydrogen-bond acceptors (Lipinski definition) is 9. The molecule has 0 radical (unpaired) electrons. The average Bonchev–Trinajstić information content (AvgIpc) is 1.56. The monoisotopic (exact) mass is 1520 g/mol. The third-order valence-corrected chi connectivity index (χ3v) is 27.1. The van der Waals surface area contributed by atoms with Crippen LogP contribution in [0.3, 0.4) is 0 Å². The van der Waals surface area contributed by atoms with E-state index in [9.17, 15) is 0 Å². The first kappa shape index (κ1) is 65.9. The molecule has 7 nitrogen and oxygen atoms in total. The fourth-order valence-electron chi connectivity index (χ4n) is 17.0. The number of para-hydroxylation sites is 2. The van der Waals surface area contributed by atoms with E-state index >= 15 is 0 Å². The lowest BCUT2D eigenvalue weighted by Gasteiger charge is -2.14. The Balaban J connectivity index is 0.000000135. The van der Waals surface area contributed by atoms with E-state index in [1.165, 1.54) is 135 Å². The molecule has 114 heavy (non-hydrogen) atoms. The summed E-state index contributed by atoms with van der Waals surface area (Å²) in [5.74, 6) is 2.65. The van der Waals surface area contributed by atoms with Crippen molar-refractivity contribution in [3.63, 3.8) is 0 Å². The Labute approximate surface area is 670 Å². The van der Waals surface area contributed by atoms with E-state index in [0.717, 1.165) is 67.3 Å². The van der Waals surface area contributed by atoms with E-state index < -0.39 is 0 Å². The minimum Gasteiger partial charge on any atom is -0.309 e. The summed E-state index contributed by atoms with van der Waals surface area (Å²) >= 11 is 7.50. The minimum absolute atomic E-state index is 0.642. The zero-order valence-corrected chi connectivity index (χ0v) is 64.2. The molecule has 0 aliphatic heterocycles. The summed E-state index contributed by atoms with van der Waals surface area (Å²) in [4.78, 5) is 25.5. The molecule has 8 aromatic heterocycles. The molecule has 0 aliphatic rings. The largest absolute Gasteiger partial charge is 0.309 e. The molecule has 0 N–H and O–H groups in total. The third kappa shape index (κ3) is 11.0. The number of thiophene rings is 4. The van der Waals surface area contributed by atoms with Crippen LogP contribution in [0.4, 0.5) is 0 Å². The fourth-order valence-corrected chi connectivity index (χ4v) is 22.0. The molecule has 532 valence electrons. The van der Waals surface area contributed by atoms with Crippen molar-refractivity contribution in [2.75, 3.05) is 0 Å². The van der Waals surface area contributed by atoms with Crippen molar-refractivity contribution >= 4 is 170 Å². The summed E-state index contributed by atoms with van der Waals surface area (Å²) in [6.07, 6.45) is 0. The van der Waals surface area contributed by atoms with Crippen molar-refractivity contribution in [1.82, 2.24) is 34.1 Å². The second kappa shape index (κ2) is 26.9. The van der Waals surface area contributed by atoms with Crippen LogP contribution in [-0.2, 0) is 0 Å². The van der Waals surface area contributed by atoms with Gasteiger partial charge in [-0.05, 0) is 102 Å². The maximum atomic E-state index is 5.19. The van der Waals surface area contributed by atoms with Gasteiger partial charge in [0.1, 0.15) is 0 Å². The summed E-state index contributed by atoms with van der Waals surface area (Å²) in [5, 5.41) is 15.5. The van der Waals surface area contributed by atoms with Gasteiger partial charge in [0, 0.05) is 158 Å². The molecule has 0 unspecified atom stereocenters. The molecule has 11 heteroatoms. The molecule has 0 amide bonds. The van der Waals surface area contributed by atoms with E-state index in [2.05, 4.69) is 331 Å². The maximum Gasteiger partial charge on any atom is 0.164 e. The number of aromatic nitrogens is 7. The highest BCUT2D eigenvalue weighted by atomic mass is 32.1. The van der Waals surface area contributed by atoms with Gasteiger partial charge in [0.05, 0.1) is 33.5 Å². The Kier molecular flexibility index (Phi) is 15.6. The first-order valence-corrected chi connectivity index (χ1v) is 41.4. The summed E-state index contributed by atoms with van der Waals surface area (Å²) in [6, 6.07) is 132. The van der Waals surface area contributed by atoms with Gasteiger partial charge in [-0.3, -0.25) is 0 Å². The Morgan fingerprint density at radius 2 is 0.491 bits per heavy atom. The molecule has 0 spiro atoms. The average molecular weight is 1520 g/mol. The number of benzene rings is 16. The zero-order valence-electron chi connectivity index (χ0n) is 61.0. The highest BCUT2D eigenvalue weighted by Crippen LogP contribution is 2.50. The SMILES string of the molecule is c1ccc(-c2cc(-c3ccccc3)nc(-c3cccc(-c4cc(-n5c6ccccc6c6c7sc8ccccc8c7ccc65)cc5c4sc4ccccc45)c3)n2)cc1.c1ccc(-c2nc(-c3ccccc3)nc(-c3cccc(-c4cc(-n5c6ccccc6c6c7sc8ccccc8c7ccc65)cc5c4sc4ccccc45)c3)n2)cc1. The predicted molar refractivity (Wildman–Crippen MR) is 486 cm³/mol. The van der Waals surface area contributed by atoms with Gasteiger partial charge in [-0.1, -0.05) is 279 Å². The second-order valence-electron chi connectivity index (χ2n) is 28.9. The molecule has 0 atom stereocenters. The molecule has 24 rings (SSSR count). The topological polar surface area (TPSA) is 74.3 Å². The minimum atomic E-state index is 0.642. The van der Waals surface area contributed by atoms with Gasteiger partial charge in [0.15, 0.2) is 23.3 Å². The zero-order chi connectivity index (χ0) is 74.9. The smallest absolute Gasteiger partial charge is 0.164 e. The fraction of sp³-hybridized carbons (Fsp3) is 0. The third-order valence-electron chi connectivity index (χ3n) is 22.2. The van der Waals surface area contributed by atoms with Crippen molar-refractivity contribution < 1.29 is 0 Å². The van der Waals surface area contributed by atoms with Crippen LogP contribution in [0.5, 0.6) is 0 Å². The lowest BCUT2D eigenvalue weighted by Crippen LogP contribution is -2.00. The molecular formula is C103H61N7S4. The molecule has 8 heterocycles. The quantitative estimate of drug-likeness (QED) is 0.136. The van der Waals surface area contributed by atoms with E-state index in [1.54, 1.807) is 0 Å². The van der Waals surface area contributed by atoms with Crippen LogP contribution in [0.2, 0.25) is 0 Å². The van der Waals surface area contributed by atoms with Crippen molar-refractivity contribution in [1.29, 1.82) is 0 Å².